The van der Waals surface area contributed by atoms with E-state index >= 15 is 0 Å². The van der Waals surface area contributed by atoms with Gasteiger partial charge < -0.3 is 10.2 Å². The average molecular weight is 238 g/mol. The molecule has 2 heteroatoms. The molecule has 0 saturated heterocycles. The van der Waals surface area contributed by atoms with Gasteiger partial charge in [0, 0.05) is 0 Å². The Labute approximate surface area is 105 Å². The Hall–Kier alpha value is -0.340. The van der Waals surface area contributed by atoms with Crippen molar-refractivity contribution in [3.8, 4) is 0 Å². The van der Waals surface area contributed by atoms with Crippen LogP contribution >= 0.6 is 0 Å². The smallest absolute Gasteiger partial charge is 0.0751 e. The van der Waals surface area contributed by atoms with Gasteiger partial charge in [-0.15, -0.1) is 0 Å². The van der Waals surface area contributed by atoms with E-state index in [1.54, 1.807) is 0 Å². The van der Waals surface area contributed by atoms with Crippen molar-refractivity contribution in [3.05, 3.63) is 11.6 Å². The minimum atomic E-state index is -0.603. The minimum Gasteiger partial charge on any atom is -0.390 e. The Kier molecular flexibility index (Phi) is 3.39. The Balaban J connectivity index is 2.32. The van der Waals surface area contributed by atoms with Gasteiger partial charge in [-0.2, -0.15) is 0 Å². The monoisotopic (exact) mass is 238 g/mol. The van der Waals surface area contributed by atoms with Crippen molar-refractivity contribution < 1.29 is 10.2 Å². The van der Waals surface area contributed by atoms with Gasteiger partial charge in [0.15, 0.2) is 0 Å². The summed E-state index contributed by atoms with van der Waals surface area (Å²) in [5.41, 5.74) is 0.489. The Morgan fingerprint density at radius 2 is 2.06 bits per heavy atom. The fourth-order valence-corrected chi connectivity index (χ4v) is 3.82. The van der Waals surface area contributed by atoms with Gasteiger partial charge in [-0.1, -0.05) is 19.9 Å². The van der Waals surface area contributed by atoms with Gasteiger partial charge in [-0.25, -0.2) is 0 Å². The molecular weight excluding hydrogens is 212 g/mol. The summed E-state index contributed by atoms with van der Waals surface area (Å²) in [6, 6.07) is 0. The summed E-state index contributed by atoms with van der Waals surface area (Å²) in [6.07, 6.45) is 4.58. The molecule has 2 rings (SSSR count). The average Bonchev–Trinajstić information content (AvgIpc) is 2.20. The molecule has 0 unspecified atom stereocenters. The van der Waals surface area contributed by atoms with E-state index in [4.69, 9.17) is 0 Å². The zero-order valence-corrected chi connectivity index (χ0v) is 11.5. The Bertz CT molecular complexity index is 317. The normalized spacial score (nSPS) is 46.6. The van der Waals surface area contributed by atoms with Gasteiger partial charge in [0.25, 0.3) is 0 Å². The zero-order valence-electron chi connectivity index (χ0n) is 11.5. The molecular formula is C15H26O2. The second-order valence-corrected chi connectivity index (χ2v) is 6.65. The highest BCUT2D eigenvalue weighted by Gasteiger charge is 2.47. The van der Waals surface area contributed by atoms with E-state index in [0.717, 1.165) is 24.8 Å². The lowest BCUT2D eigenvalue weighted by atomic mass is 9.58. The molecule has 2 aliphatic rings. The molecule has 0 spiro atoms. The first kappa shape index (κ1) is 13.1. The maximum Gasteiger partial charge on any atom is 0.0751 e. The summed E-state index contributed by atoms with van der Waals surface area (Å²) in [5, 5.41) is 20.5. The Morgan fingerprint density at radius 1 is 1.41 bits per heavy atom. The molecule has 0 bridgehead atoms. The lowest BCUT2D eigenvalue weighted by Crippen LogP contribution is -2.50. The first-order chi connectivity index (χ1) is 7.83. The van der Waals surface area contributed by atoms with Crippen LogP contribution in [0.3, 0.4) is 0 Å². The second-order valence-electron chi connectivity index (χ2n) is 6.65. The van der Waals surface area contributed by atoms with E-state index < -0.39 is 5.60 Å². The SMILES string of the molecule is CC1=C[C@@H]2[C@H](C(C)C)CC[C@](C)(O)[C@H]2C[C@H]1O. The zero-order chi connectivity index (χ0) is 12.8. The third-order valence-corrected chi connectivity index (χ3v) is 5.06. The van der Waals surface area contributed by atoms with Gasteiger partial charge in [-0.3, -0.25) is 0 Å². The van der Waals surface area contributed by atoms with E-state index in [-0.39, 0.29) is 12.0 Å². The molecule has 0 amide bonds. The van der Waals surface area contributed by atoms with E-state index in [9.17, 15) is 10.2 Å². The van der Waals surface area contributed by atoms with Crippen LogP contribution in [0.15, 0.2) is 11.6 Å². The number of rotatable bonds is 1. The fourth-order valence-electron chi connectivity index (χ4n) is 3.82. The van der Waals surface area contributed by atoms with E-state index in [2.05, 4.69) is 19.9 Å². The Morgan fingerprint density at radius 3 is 2.65 bits per heavy atom. The number of hydrogen-bond acceptors (Lipinski definition) is 2. The quantitative estimate of drug-likeness (QED) is 0.690. The molecule has 1 fully saturated rings. The van der Waals surface area contributed by atoms with Gasteiger partial charge in [0.2, 0.25) is 0 Å². The summed E-state index contributed by atoms with van der Waals surface area (Å²) < 4.78 is 0. The molecule has 0 radical (unpaired) electrons. The molecule has 2 nitrogen and oxygen atoms in total. The first-order valence-corrected chi connectivity index (χ1v) is 6.91. The summed E-state index contributed by atoms with van der Waals surface area (Å²) in [7, 11) is 0. The number of aliphatic hydroxyl groups excluding tert-OH is 1. The van der Waals surface area contributed by atoms with Crippen molar-refractivity contribution in [2.75, 3.05) is 0 Å². The van der Waals surface area contributed by atoms with Crippen LogP contribution in [0.25, 0.3) is 0 Å². The number of hydrogen-bond donors (Lipinski definition) is 2. The maximum atomic E-state index is 10.5. The van der Waals surface area contributed by atoms with Crippen molar-refractivity contribution >= 4 is 0 Å². The molecule has 0 aromatic rings. The highest BCUT2D eigenvalue weighted by atomic mass is 16.3. The van der Waals surface area contributed by atoms with Crippen molar-refractivity contribution in [1.29, 1.82) is 0 Å². The maximum absolute atomic E-state index is 10.5. The van der Waals surface area contributed by atoms with Crippen LogP contribution in [0, 0.1) is 23.7 Å². The molecule has 1 saturated carbocycles. The van der Waals surface area contributed by atoms with Crippen LogP contribution < -0.4 is 0 Å². The molecule has 98 valence electrons. The number of fused-ring (bicyclic) bond motifs is 1. The molecule has 2 N–H and O–H groups in total. The van der Waals surface area contributed by atoms with Crippen LogP contribution in [-0.2, 0) is 0 Å². The lowest BCUT2D eigenvalue weighted by Gasteiger charge is -2.50. The van der Waals surface area contributed by atoms with Crippen molar-refractivity contribution in [2.24, 2.45) is 23.7 Å². The summed E-state index contributed by atoms with van der Waals surface area (Å²) >= 11 is 0. The van der Waals surface area contributed by atoms with Crippen LogP contribution in [-0.4, -0.2) is 21.9 Å². The topological polar surface area (TPSA) is 40.5 Å². The molecule has 0 aliphatic heterocycles. The number of aliphatic hydroxyl groups is 2. The van der Waals surface area contributed by atoms with E-state index in [0.29, 0.717) is 17.8 Å². The fraction of sp³-hybridized carbons (Fsp3) is 0.867. The predicted octanol–water partition coefficient (Wildman–Crippen LogP) is 2.75. The molecule has 0 aromatic carbocycles. The molecule has 2 aliphatic carbocycles. The summed E-state index contributed by atoms with van der Waals surface area (Å²) in [6.45, 7) is 8.51. The molecule has 5 atom stereocenters. The highest BCUT2D eigenvalue weighted by molar-refractivity contribution is 5.17. The number of allylic oxidation sites excluding steroid dienone is 1. The summed E-state index contributed by atoms with van der Waals surface area (Å²) in [4.78, 5) is 0. The van der Waals surface area contributed by atoms with Crippen LogP contribution in [0.4, 0.5) is 0 Å². The van der Waals surface area contributed by atoms with Crippen LogP contribution in [0.5, 0.6) is 0 Å². The molecule has 0 aromatic heterocycles. The lowest BCUT2D eigenvalue weighted by molar-refractivity contribution is -0.0927. The molecule has 17 heavy (non-hydrogen) atoms. The van der Waals surface area contributed by atoms with Gasteiger partial charge in [0.05, 0.1) is 11.7 Å². The van der Waals surface area contributed by atoms with Crippen molar-refractivity contribution in [3.63, 3.8) is 0 Å². The van der Waals surface area contributed by atoms with Crippen molar-refractivity contribution in [2.45, 2.75) is 58.7 Å². The standard InChI is InChI=1S/C15H26O2/c1-9(2)11-5-6-15(4,17)13-8-14(16)10(3)7-12(11)13/h7,9,11-14,16-17H,5-6,8H2,1-4H3/t11-,12+,13-,14+,15-/m0/s1. The van der Waals surface area contributed by atoms with Crippen LogP contribution in [0.2, 0.25) is 0 Å². The van der Waals surface area contributed by atoms with Crippen molar-refractivity contribution in [1.82, 2.24) is 0 Å². The predicted molar refractivity (Wildman–Crippen MR) is 69.5 cm³/mol. The second kappa shape index (κ2) is 4.40. The third kappa shape index (κ3) is 2.30. The van der Waals surface area contributed by atoms with Gasteiger partial charge in [0.1, 0.15) is 0 Å². The van der Waals surface area contributed by atoms with Gasteiger partial charge in [-0.05, 0) is 62.4 Å². The van der Waals surface area contributed by atoms with E-state index in [1.165, 1.54) is 0 Å². The minimum absolute atomic E-state index is 0.224. The molecule has 0 heterocycles. The van der Waals surface area contributed by atoms with E-state index in [1.807, 2.05) is 13.8 Å². The third-order valence-electron chi connectivity index (χ3n) is 5.06. The highest BCUT2D eigenvalue weighted by Crippen LogP contribution is 2.49. The van der Waals surface area contributed by atoms with Crippen LogP contribution in [0.1, 0.15) is 47.0 Å². The largest absolute Gasteiger partial charge is 0.390 e. The first-order valence-electron chi connectivity index (χ1n) is 6.91. The van der Waals surface area contributed by atoms with Gasteiger partial charge >= 0.3 is 0 Å². The summed E-state index contributed by atoms with van der Waals surface area (Å²) in [5.74, 6) is 1.98.